The lowest BCUT2D eigenvalue weighted by atomic mass is 9.78. The van der Waals surface area contributed by atoms with Crippen molar-refractivity contribution in [1.29, 1.82) is 5.26 Å². The molecule has 7 nitrogen and oxygen atoms in total. The number of anilines is 1. The summed E-state index contributed by atoms with van der Waals surface area (Å²) in [4.78, 5) is 15.3. The third-order valence-electron chi connectivity index (χ3n) is 6.73. The number of fused-ring (bicyclic) bond motifs is 1. The van der Waals surface area contributed by atoms with E-state index >= 15 is 0 Å². The average molecular weight is 578 g/mol. The number of esters is 1. The van der Waals surface area contributed by atoms with Crippen molar-refractivity contribution in [3.05, 3.63) is 76.1 Å². The lowest BCUT2D eigenvalue weighted by molar-refractivity contribution is -0.141. The van der Waals surface area contributed by atoms with Gasteiger partial charge in [-0.05, 0) is 47.2 Å². The molecule has 0 aliphatic carbocycles. The van der Waals surface area contributed by atoms with Gasteiger partial charge in [-0.1, -0.05) is 43.6 Å². The first-order valence-electron chi connectivity index (χ1n) is 11.7. The molecule has 0 saturated heterocycles. The molecule has 2 heterocycles. The molecular formula is C27H23ClF3N3O4S. The van der Waals surface area contributed by atoms with Gasteiger partial charge in [0.1, 0.15) is 5.69 Å². The van der Waals surface area contributed by atoms with Crippen LogP contribution < -0.4 is 4.31 Å². The number of sulfonamides is 1. The monoisotopic (exact) mass is 577 g/mol. The van der Waals surface area contributed by atoms with Crippen molar-refractivity contribution in [2.45, 2.75) is 43.2 Å². The number of carbonyl (C=O) groups excluding carboxylic acids is 1. The molecule has 0 N–H and O–H groups in total. The first-order valence-corrected chi connectivity index (χ1v) is 13.5. The van der Waals surface area contributed by atoms with Gasteiger partial charge in [0.25, 0.3) is 10.0 Å². The smallest absolute Gasteiger partial charge is 0.433 e. The van der Waals surface area contributed by atoms with Gasteiger partial charge < -0.3 is 4.74 Å². The van der Waals surface area contributed by atoms with Crippen LogP contribution in [0.15, 0.2) is 53.6 Å². The highest BCUT2D eigenvalue weighted by molar-refractivity contribution is 7.93. The zero-order valence-electron chi connectivity index (χ0n) is 21.1. The second-order valence-corrected chi connectivity index (χ2v) is 11.9. The predicted octanol–water partition coefficient (Wildman–Crippen LogP) is 5.88. The summed E-state index contributed by atoms with van der Waals surface area (Å²) < 4.78 is 74.0. The first-order chi connectivity index (χ1) is 18.2. The van der Waals surface area contributed by atoms with Crippen LogP contribution in [0, 0.1) is 11.3 Å². The van der Waals surface area contributed by atoms with Crippen LogP contribution in [0.4, 0.5) is 18.9 Å². The summed E-state index contributed by atoms with van der Waals surface area (Å²) in [6, 6.07) is 11.8. The maximum Gasteiger partial charge on any atom is 0.433 e. The molecule has 204 valence electrons. The molecule has 0 fully saturated rings. The standard InChI is InChI=1S/C27H23ClF3N3O4S/c1-26(2)8-9-34(22-7-5-4-6-20(22)26)39(36,37)23-13-18(21(28)10-16(23)12-25(35)38-3)19-15-33-24(27(29,30)31)11-17(19)14-32/h4-7,10-11,13,15H,8-9,12H2,1-3H3. The Morgan fingerprint density at radius 3 is 2.54 bits per heavy atom. The van der Waals surface area contributed by atoms with Gasteiger partial charge in [-0.15, -0.1) is 0 Å². The van der Waals surface area contributed by atoms with Crippen molar-refractivity contribution in [3.63, 3.8) is 0 Å². The number of carbonyl (C=O) groups is 1. The number of rotatable bonds is 5. The van der Waals surface area contributed by atoms with E-state index in [1.54, 1.807) is 18.2 Å². The number of nitrogens with zero attached hydrogens (tertiary/aromatic N) is 3. The molecule has 0 radical (unpaired) electrons. The number of benzene rings is 2. The number of aromatic nitrogens is 1. The second kappa shape index (κ2) is 10.2. The Hall–Kier alpha value is -3.62. The molecule has 2 aromatic carbocycles. The van der Waals surface area contributed by atoms with Crippen molar-refractivity contribution in [1.82, 2.24) is 4.98 Å². The van der Waals surface area contributed by atoms with E-state index in [1.807, 2.05) is 26.0 Å². The fourth-order valence-electron chi connectivity index (χ4n) is 4.59. The van der Waals surface area contributed by atoms with E-state index in [0.29, 0.717) is 18.2 Å². The van der Waals surface area contributed by atoms with E-state index < -0.39 is 39.8 Å². The van der Waals surface area contributed by atoms with Crippen LogP contribution in [-0.4, -0.2) is 33.0 Å². The van der Waals surface area contributed by atoms with Crippen LogP contribution in [0.1, 0.15) is 42.7 Å². The van der Waals surface area contributed by atoms with Crippen molar-refractivity contribution >= 4 is 33.3 Å². The van der Waals surface area contributed by atoms with Crippen LogP contribution in [0.25, 0.3) is 11.1 Å². The molecule has 1 aliphatic heterocycles. The lowest BCUT2D eigenvalue weighted by Crippen LogP contribution is -2.41. The molecule has 0 amide bonds. The van der Waals surface area contributed by atoms with Crippen LogP contribution >= 0.6 is 11.6 Å². The Kier molecular flexibility index (Phi) is 7.40. The Morgan fingerprint density at radius 2 is 1.90 bits per heavy atom. The largest absolute Gasteiger partial charge is 0.469 e. The van der Waals surface area contributed by atoms with Gasteiger partial charge in [0.2, 0.25) is 0 Å². The minimum absolute atomic E-state index is 0.0211. The van der Waals surface area contributed by atoms with Crippen LogP contribution in [0.3, 0.4) is 0 Å². The quantitative estimate of drug-likeness (QED) is 0.351. The van der Waals surface area contributed by atoms with Crippen molar-refractivity contribution in [2.75, 3.05) is 18.0 Å². The zero-order chi connectivity index (χ0) is 28.8. The van der Waals surface area contributed by atoms with Crippen LogP contribution in [0.5, 0.6) is 0 Å². The van der Waals surface area contributed by atoms with Gasteiger partial charge in [-0.3, -0.25) is 14.1 Å². The number of methoxy groups -OCH3 is 1. The number of pyridine rings is 1. The normalized spacial score (nSPS) is 14.9. The predicted molar refractivity (Wildman–Crippen MR) is 139 cm³/mol. The first kappa shape index (κ1) is 28.4. The minimum atomic E-state index is -4.79. The van der Waals surface area contributed by atoms with Gasteiger partial charge in [0.05, 0.1) is 35.7 Å². The van der Waals surface area contributed by atoms with Gasteiger partial charge >= 0.3 is 12.1 Å². The van der Waals surface area contributed by atoms with Crippen molar-refractivity contribution < 1.29 is 31.1 Å². The number of nitriles is 1. The highest BCUT2D eigenvalue weighted by atomic mass is 35.5. The summed E-state index contributed by atoms with van der Waals surface area (Å²) in [7, 11) is -3.17. The highest BCUT2D eigenvalue weighted by Crippen LogP contribution is 2.43. The fourth-order valence-corrected chi connectivity index (χ4v) is 6.60. The summed E-state index contributed by atoms with van der Waals surface area (Å²) in [5, 5.41) is 9.50. The average Bonchev–Trinajstić information content (AvgIpc) is 2.87. The SMILES string of the molecule is COC(=O)Cc1cc(Cl)c(-c2cnc(C(F)(F)F)cc2C#N)cc1S(=O)(=O)N1CCC(C)(C)c2ccccc21. The molecule has 0 spiro atoms. The second-order valence-electron chi connectivity index (χ2n) is 9.65. The van der Waals surface area contributed by atoms with E-state index in [9.17, 15) is 31.6 Å². The maximum atomic E-state index is 14.2. The number of halogens is 4. The topological polar surface area (TPSA) is 100 Å². The number of para-hydroxylation sites is 1. The molecule has 4 rings (SSSR count). The van der Waals surface area contributed by atoms with Crippen molar-refractivity contribution in [2.24, 2.45) is 0 Å². The summed E-state index contributed by atoms with van der Waals surface area (Å²) >= 11 is 6.46. The lowest BCUT2D eigenvalue weighted by Gasteiger charge is -2.39. The summed E-state index contributed by atoms with van der Waals surface area (Å²) in [5.74, 6) is -0.718. The van der Waals surface area contributed by atoms with E-state index in [4.69, 9.17) is 16.3 Å². The van der Waals surface area contributed by atoms with Crippen LogP contribution in [0.2, 0.25) is 5.02 Å². The van der Waals surface area contributed by atoms with E-state index in [0.717, 1.165) is 18.9 Å². The van der Waals surface area contributed by atoms with Gasteiger partial charge in [0.15, 0.2) is 0 Å². The highest BCUT2D eigenvalue weighted by Gasteiger charge is 2.38. The van der Waals surface area contributed by atoms with E-state index in [1.165, 1.54) is 16.4 Å². The molecule has 0 bridgehead atoms. The molecule has 12 heteroatoms. The summed E-state index contributed by atoms with van der Waals surface area (Å²) in [6.45, 7) is 4.17. The molecular weight excluding hydrogens is 555 g/mol. The Bertz CT molecular complexity index is 1620. The third kappa shape index (κ3) is 5.31. The van der Waals surface area contributed by atoms with Gasteiger partial charge in [0, 0.05) is 28.9 Å². The summed E-state index contributed by atoms with van der Waals surface area (Å²) in [5.41, 5.74) is -0.739. The number of ether oxygens (including phenoxy) is 1. The molecule has 0 atom stereocenters. The molecule has 1 aliphatic rings. The third-order valence-corrected chi connectivity index (χ3v) is 8.94. The van der Waals surface area contributed by atoms with Crippen LogP contribution in [-0.2, 0) is 37.6 Å². The molecule has 1 aromatic heterocycles. The van der Waals surface area contributed by atoms with Gasteiger partial charge in [-0.2, -0.15) is 18.4 Å². The van der Waals surface area contributed by atoms with E-state index in [2.05, 4.69) is 4.98 Å². The molecule has 39 heavy (non-hydrogen) atoms. The molecule has 0 saturated carbocycles. The van der Waals surface area contributed by atoms with Gasteiger partial charge in [-0.25, -0.2) is 8.42 Å². The molecule has 3 aromatic rings. The zero-order valence-corrected chi connectivity index (χ0v) is 22.7. The number of alkyl halides is 3. The number of hydrogen-bond donors (Lipinski definition) is 0. The molecule has 0 unspecified atom stereocenters. The Balaban J connectivity index is 1.95. The Labute approximate surface area is 228 Å². The van der Waals surface area contributed by atoms with Crippen molar-refractivity contribution in [3.8, 4) is 17.2 Å². The fraction of sp³-hybridized carbons (Fsp3) is 0.296. The minimum Gasteiger partial charge on any atom is -0.469 e. The maximum absolute atomic E-state index is 14.2. The number of hydrogen-bond acceptors (Lipinski definition) is 6. The van der Waals surface area contributed by atoms with E-state index in [-0.39, 0.29) is 38.6 Å². The summed E-state index contributed by atoms with van der Waals surface area (Å²) in [6.07, 6.45) is -3.88. The Morgan fingerprint density at radius 1 is 1.21 bits per heavy atom.